The molecule has 4 atom stereocenters. The Bertz CT molecular complexity index is 885. The Kier molecular flexibility index (Phi) is 4.98. The van der Waals surface area contributed by atoms with Crippen molar-refractivity contribution in [2.75, 3.05) is 5.73 Å². The summed E-state index contributed by atoms with van der Waals surface area (Å²) in [7, 11) is -2.02. The Balaban J connectivity index is 2.06. The summed E-state index contributed by atoms with van der Waals surface area (Å²) in [5.41, 5.74) is 6.08. The van der Waals surface area contributed by atoms with Gasteiger partial charge in [-0.2, -0.15) is 4.98 Å². The highest BCUT2D eigenvalue weighted by atomic mass is 28.4. The Morgan fingerprint density at radius 1 is 1.41 bits per heavy atom. The quantitative estimate of drug-likeness (QED) is 0.773. The molecule has 0 radical (unpaired) electrons. The van der Waals surface area contributed by atoms with Crippen molar-refractivity contribution in [2.45, 2.75) is 77.6 Å². The van der Waals surface area contributed by atoms with Crippen molar-refractivity contribution in [3.8, 4) is 0 Å². The molecular formula is C18H31N5O3Si. The summed E-state index contributed by atoms with van der Waals surface area (Å²) in [5.74, 6) is 0.278. The number of hydrogen-bond donors (Lipinski definition) is 2. The molecule has 1 aliphatic rings. The van der Waals surface area contributed by atoms with E-state index >= 15 is 0 Å². The molecule has 0 bridgehead atoms. The average molecular weight is 394 g/mol. The second kappa shape index (κ2) is 6.71. The molecule has 2 aromatic rings. The number of ether oxygens (including phenoxy) is 1. The highest BCUT2D eigenvalue weighted by Crippen LogP contribution is 2.44. The average Bonchev–Trinajstić information content (AvgIpc) is 3.08. The van der Waals surface area contributed by atoms with Crippen LogP contribution < -0.4 is 11.3 Å². The molecule has 1 saturated heterocycles. The van der Waals surface area contributed by atoms with Crippen molar-refractivity contribution in [3.05, 3.63) is 16.7 Å². The standard InChI is InChI=1S/C18H31N5O3Si/c1-8-11-10(2)13(26-27(6,7)18(3,4)5)16(25-11)23-9-20-12-14(23)21-17(19)22-15(12)24/h9-11,13,16H,8H2,1-7H3,(H3,19,21,22,24)/t10?,11-,13+,16-/m1/s1. The van der Waals surface area contributed by atoms with Crippen LogP contribution in [0, 0.1) is 5.92 Å². The van der Waals surface area contributed by atoms with Crippen LogP contribution in [0.2, 0.25) is 18.1 Å². The molecule has 1 fully saturated rings. The summed E-state index contributed by atoms with van der Waals surface area (Å²) in [6.07, 6.45) is 2.02. The zero-order valence-electron chi connectivity index (χ0n) is 17.2. The van der Waals surface area contributed by atoms with Crippen LogP contribution in [0.4, 0.5) is 5.95 Å². The Morgan fingerprint density at radius 3 is 2.67 bits per heavy atom. The molecule has 3 N–H and O–H groups in total. The Hall–Kier alpha value is -1.71. The predicted molar refractivity (Wildman–Crippen MR) is 108 cm³/mol. The molecule has 0 aromatic carbocycles. The summed E-state index contributed by atoms with van der Waals surface area (Å²) in [6.45, 7) is 15.4. The van der Waals surface area contributed by atoms with Crippen LogP contribution >= 0.6 is 0 Å². The fourth-order valence-corrected chi connectivity index (χ4v) is 4.72. The number of rotatable bonds is 4. The molecule has 8 nitrogen and oxygen atoms in total. The maximum absolute atomic E-state index is 12.1. The highest BCUT2D eigenvalue weighted by molar-refractivity contribution is 6.74. The van der Waals surface area contributed by atoms with E-state index < -0.39 is 14.5 Å². The number of aromatic amines is 1. The van der Waals surface area contributed by atoms with E-state index in [0.717, 1.165) is 6.42 Å². The van der Waals surface area contributed by atoms with Crippen molar-refractivity contribution in [2.24, 2.45) is 5.92 Å². The number of nitrogen functional groups attached to an aromatic ring is 1. The number of imidazole rings is 1. The van der Waals surface area contributed by atoms with Gasteiger partial charge in [-0.3, -0.25) is 14.3 Å². The van der Waals surface area contributed by atoms with Crippen molar-refractivity contribution in [1.82, 2.24) is 19.5 Å². The monoisotopic (exact) mass is 393 g/mol. The molecule has 3 heterocycles. The van der Waals surface area contributed by atoms with Crippen molar-refractivity contribution >= 4 is 25.4 Å². The Labute approximate surface area is 160 Å². The molecule has 2 aromatic heterocycles. The van der Waals surface area contributed by atoms with E-state index in [-0.39, 0.29) is 40.2 Å². The van der Waals surface area contributed by atoms with Gasteiger partial charge < -0.3 is 14.9 Å². The Morgan fingerprint density at radius 2 is 2.07 bits per heavy atom. The molecule has 1 unspecified atom stereocenters. The van der Waals surface area contributed by atoms with Gasteiger partial charge in [-0.25, -0.2) is 4.98 Å². The number of nitrogens with zero attached hydrogens (tertiary/aromatic N) is 3. The van der Waals surface area contributed by atoms with Gasteiger partial charge in [0.05, 0.1) is 18.5 Å². The van der Waals surface area contributed by atoms with E-state index in [4.69, 9.17) is 14.9 Å². The zero-order valence-corrected chi connectivity index (χ0v) is 18.2. The molecular weight excluding hydrogens is 362 g/mol. The maximum Gasteiger partial charge on any atom is 0.280 e. The van der Waals surface area contributed by atoms with Crippen LogP contribution in [-0.4, -0.2) is 40.0 Å². The zero-order chi connectivity index (χ0) is 20.1. The first kappa shape index (κ1) is 20.0. The summed E-state index contributed by atoms with van der Waals surface area (Å²) >= 11 is 0. The summed E-state index contributed by atoms with van der Waals surface area (Å²) in [5, 5.41) is 0.0817. The lowest BCUT2D eigenvalue weighted by Gasteiger charge is -2.40. The summed E-state index contributed by atoms with van der Waals surface area (Å²) in [6, 6.07) is 0. The minimum atomic E-state index is -2.02. The topological polar surface area (TPSA) is 108 Å². The molecule has 0 aliphatic carbocycles. The van der Waals surface area contributed by atoms with E-state index in [1.807, 2.05) is 0 Å². The lowest BCUT2D eigenvalue weighted by atomic mass is 9.99. The normalized spacial score (nSPS) is 26.8. The van der Waals surface area contributed by atoms with Crippen molar-refractivity contribution in [1.29, 1.82) is 0 Å². The second-order valence-corrected chi connectivity index (χ2v) is 13.7. The third-order valence-corrected chi connectivity index (χ3v) is 10.5. The fraction of sp³-hybridized carbons (Fsp3) is 0.722. The van der Waals surface area contributed by atoms with E-state index in [9.17, 15) is 4.79 Å². The van der Waals surface area contributed by atoms with Crippen molar-refractivity contribution in [3.63, 3.8) is 0 Å². The number of nitrogens with one attached hydrogen (secondary N) is 1. The molecule has 0 amide bonds. The van der Waals surface area contributed by atoms with Crippen LogP contribution in [0.5, 0.6) is 0 Å². The molecule has 1 aliphatic heterocycles. The predicted octanol–water partition coefficient (Wildman–Crippen LogP) is 3.04. The summed E-state index contributed by atoms with van der Waals surface area (Å²) < 4.78 is 14.9. The fourth-order valence-electron chi connectivity index (χ4n) is 3.36. The van der Waals surface area contributed by atoms with Gasteiger partial charge >= 0.3 is 0 Å². The van der Waals surface area contributed by atoms with Gasteiger partial charge in [-0.05, 0) is 24.6 Å². The minimum absolute atomic E-state index is 0.0641. The largest absolute Gasteiger partial charge is 0.409 e. The van der Waals surface area contributed by atoms with Crippen LogP contribution in [0.15, 0.2) is 11.1 Å². The van der Waals surface area contributed by atoms with Crippen LogP contribution in [0.1, 0.15) is 47.3 Å². The van der Waals surface area contributed by atoms with Gasteiger partial charge in [0, 0.05) is 5.92 Å². The highest BCUT2D eigenvalue weighted by Gasteiger charge is 2.48. The van der Waals surface area contributed by atoms with Gasteiger partial charge in [-0.15, -0.1) is 0 Å². The number of hydrogen-bond acceptors (Lipinski definition) is 6. The third-order valence-electron chi connectivity index (χ3n) is 6.06. The molecule has 0 spiro atoms. The van der Waals surface area contributed by atoms with Gasteiger partial charge in [0.25, 0.3) is 5.56 Å². The minimum Gasteiger partial charge on any atom is -0.409 e. The van der Waals surface area contributed by atoms with Gasteiger partial charge in [-0.1, -0.05) is 34.6 Å². The van der Waals surface area contributed by atoms with Crippen LogP contribution in [0.25, 0.3) is 11.2 Å². The lowest BCUT2D eigenvalue weighted by molar-refractivity contribution is -0.0321. The van der Waals surface area contributed by atoms with Gasteiger partial charge in [0.1, 0.15) is 0 Å². The number of anilines is 1. The van der Waals surface area contributed by atoms with Crippen molar-refractivity contribution < 1.29 is 9.16 Å². The first-order valence-corrected chi connectivity index (χ1v) is 12.4. The summed E-state index contributed by atoms with van der Waals surface area (Å²) in [4.78, 5) is 23.2. The maximum atomic E-state index is 12.1. The van der Waals surface area contributed by atoms with E-state index in [2.05, 4.69) is 62.7 Å². The molecule has 27 heavy (non-hydrogen) atoms. The second-order valence-electron chi connectivity index (χ2n) is 8.95. The molecule has 9 heteroatoms. The third kappa shape index (κ3) is 3.43. The number of nitrogens with two attached hydrogens (primary N) is 1. The molecule has 3 rings (SSSR count). The molecule has 150 valence electrons. The first-order valence-electron chi connectivity index (χ1n) is 9.52. The number of aromatic nitrogens is 4. The van der Waals surface area contributed by atoms with E-state index in [0.29, 0.717) is 5.65 Å². The molecule has 0 saturated carbocycles. The number of fused-ring (bicyclic) bond motifs is 1. The van der Waals surface area contributed by atoms with Crippen LogP contribution in [0.3, 0.4) is 0 Å². The first-order chi connectivity index (χ1) is 12.5. The SMILES string of the molecule is CC[C@H]1O[C@@H](n2cnc3c(=O)[nH]c(N)nc32)[C@@H](O[Si](C)(C)C(C)(C)C)C1C. The lowest BCUT2D eigenvalue weighted by Crippen LogP contribution is -2.46. The smallest absolute Gasteiger partial charge is 0.280 e. The van der Waals surface area contributed by atoms with E-state index in [1.165, 1.54) is 0 Å². The van der Waals surface area contributed by atoms with Gasteiger partial charge in [0.15, 0.2) is 25.7 Å². The van der Waals surface area contributed by atoms with Crippen LogP contribution in [-0.2, 0) is 9.16 Å². The number of H-pyrrole nitrogens is 1. The van der Waals surface area contributed by atoms with Gasteiger partial charge in [0.2, 0.25) is 5.95 Å². The van der Waals surface area contributed by atoms with E-state index in [1.54, 1.807) is 10.9 Å².